The predicted molar refractivity (Wildman–Crippen MR) is 81.4 cm³/mol. The summed E-state index contributed by atoms with van der Waals surface area (Å²) in [4.78, 5) is 11.7. The van der Waals surface area contributed by atoms with Crippen LogP contribution in [0.5, 0.6) is 5.75 Å². The van der Waals surface area contributed by atoms with Gasteiger partial charge in [0.1, 0.15) is 18.7 Å². The first-order chi connectivity index (χ1) is 10.1. The van der Waals surface area contributed by atoms with E-state index in [1.807, 2.05) is 38.2 Å². The Morgan fingerprint density at radius 2 is 2.33 bits per heavy atom. The number of nitrogens with zero attached hydrogens (tertiary/aromatic N) is 3. The first kappa shape index (κ1) is 15.4. The SMILES string of the molecule is Cc1cccc(OCCNC(=O)CSc2nncn2C)c1. The Labute approximate surface area is 127 Å². The monoisotopic (exact) mass is 306 g/mol. The summed E-state index contributed by atoms with van der Waals surface area (Å²) < 4.78 is 7.34. The molecule has 1 heterocycles. The van der Waals surface area contributed by atoms with Crippen LogP contribution in [0.15, 0.2) is 35.7 Å². The lowest BCUT2D eigenvalue weighted by atomic mass is 10.2. The van der Waals surface area contributed by atoms with E-state index in [9.17, 15) is 4.79 Å². The van der Waals surface area contributed by atoms with Gasteiger partial charge in [0, 0.05) is 7.05 Å². The van der Waals surface area contributed by atoms with Crippen LogP contribution in [-0.4, -0.2) is 39.6 Å². The molecule has 2 rings (SSSR count). The highest BCUT2D eigenvalue weighted by atomic mass is 32.2. The Kier molecular flexibility index (Phi) is 5.62. The van der Waals surface area contributed by atoms with Gasteiger partial charge in [0.25, 0.3) is 0 Å². The second kappa shape index (κ2) is 7.68. The lowest BCUT2D eigenvalue weighted by Gasteiger charge is -2.08. The number of ether oxygens (including phenoxy) is 1. The molecule has 1 amide bonds. The van der Waals surface area contributed by atoms with Crippen molar-refractivity contribution in [3.05, 3.63) is 36.2 Å². The second-order valence-corrected chi connectivity index (χ2v) is 5.47. The molecule has 1 aromatic heterocycles. The third kappa shape index (κ3) is 5.11. The van der Waals surface area contributed by atoms with Crippen LogP contribution >= 0.6 is 11.8 Å². The van der Waals surface area contributed by atoms with Gasteiger partial charge in [0.2, 0.25) is 5.91 Å². The van der Waals surface area contributed by atoms with E-state index < -0.39 is 0 Å². The van der Waals surface area contributed by atoms with Crippen molar-refractivity contribution >= 4 is 17.7 Å². The Bertz CT molecular complexity index is 600. The van der Waals surface area contributed by atoms with Gasteiger partial charge >= 0.3 is 0 Å². The Hall–Kier alpha value is -2.02. The fraction of sp³-hybridized carbons (Fsp3) is 0.357. The van der Waals surface area contributed by atoms with E-state index in [0.29, 0.717) is 18.9 Å². The Morgan fingerprint density at radius 3 is 3.05 bits per heavy atom. The molecule has 112 valence electrons. The lowest BCUT2D eigenvalue weighted by Crippen LogP contribution is -2.29. The van der Waals surface area contributed by atoms with Crippen molar-refractivity contribution < 1.29 is 9.53 Å². The number of thioether (sulfide) groups is 1. The molecule has 2 aromatic rings. The molecule has 0 aliphatic rings. The number of carbonyl (C=O) groups is 1. The molecule has 0 aliphatic heterocycles. The minimum Gasteiger partial charge on any atom is -0.492 e. The first-order valence-corrected chi connectivity index (χ1v) is 7.56. The zero-order valence-corrected chi connectivity index (χ0v) is 12.9. The maximum Gasteiger partial charge on any atom is 0.230 e. The summed E-state index contributed by atoms with van der Waals surface area (Å²) in [6.07, 6.45) is 1.61. The molecule has 0 saturated heterocycles. The van der Waals surface area contributed by atoms with E-state index >= 15 is 0 Å². The average Bonchev–Trinajstić information content (AvgIpc) is 2.87. The number of rotatable bonds is 7. The van der Waals surface area contributed by atoms with Crippen molar-refractivity contribution in [2.75, 3.05) is 18.9 Å². The lowest BCUT2D eigenvalue weighted by molar-refractivity contribution is -0.118. The predicted octanol–water partition coefficient (Wildman–Crippen LogP) is 1.41. The van der Waals surface area contributed by atoms with E-state index in [-0.39, 0.29) is 5.91 Å². The maximum absolute atomic E-state index is 11.7. The second-order valence-electron chi connectivity index (χ2n) is 4.53. The van der Waals surface area contributed by atoms with E-state index in [1.165, 1.54) is 11.8 Å². The van der Waals surface area contributed by atoms with Crippen LogP contribution in [0.25, 0.3) is 0 Å². The number of hydrogen-bond acceptors (Lipinski definition) is 5. The van der Waals surface area contributed by atoms with Gasteiger partial charge in [-0.15, -0.1) is 10.2 Å². The molecule has 21 heavy (non-hydrogen) atoms. The number of aryl methyl sites for hydroxylation is 2. The molecule has 0 aliphatic carbocycles. The number of benzene rings is 1. The number of hydrogen-bond donors (Lipinski definition) is 1. The Morgan fingerprint density at radius 1 is 1.48 bits per heavy atom. The third-order valence-corrected chi connectivity index (χ3v) is 3.72. The fourth-order valence-electron chi connectivity index (χ4n) is 1.65. The maximum atomic E-state index is 11.7. The van der Waals surface area contributed by atoms with Crippen LogP contribution in [0, 0.1) is 6.92 Å². The van der Waals surface area contributed by atoms with Gasteiger partial charge in [-0.3, -0.25) is 4.79 Å². The van der Waals surface area contributed by atoms with Crippen molar-refractivity contribution in [2.45, 2.75) is 12.1 Å². The fourth-order valence-corrected chi connectivity index (χ4v) is 2.37. The van der Waals surface area contributed by atoms with Gasteiger partial charge in [-0.1, -0.05) is 23.9 Å². The molecule has 0 saturated carbocycles. The molecule has 0 atom stereocenters. The smallest absolute Gasteiger partial charge is 0.230 e. The normalized spacial score (nSPS) is 10.4. The summed E-state index contributed by atoms with van der Waals surface area (Å²) >= 11 is 1.35. The number of aromatic nitrogens is 3. The number of nitrogens with one attached hydrogen (secondary N) is 1. The quantitative estimate of drug-likeness (QED) is 0.619. The van der Waals surface area contributed by atoms with Crippen molar-refractivity contribution in [3.63, 3.8) is 0 Å². The summed E-state index contributed by atoms with van der Waals surface area (Å²) in [5.41, 5.74) is 1.15. The molecule has 6 nitrogen and oxygen atoms in total. The molecular weight excluding hydrogens is 288 g/mol. The van der Waals surface area contributed by atoms with Crippen LogP contribution in [-0.2, 0) is 11.8 Å². The minimum atomic E-state index is -0.0455. The van der Waals surface area contributed by atoms with Gasteiger partial charge in [0.15, 0.2) is 5.16 Å². The van der Waals surface area contributed by atoms with Crippen LogP contribution in [0.3, 0.4) is 0 Å². The van der Waals surface area contributed by atoms with Gasteiger partial charge in [0.05, 0.1) is 12.3 Å². The van der Waals surface area contributed by atoms with Gasteiger partial charge in [-0.25, -0.2) is 0 Å². The van der Waals surface area contributed by atoms with E-state index in [0.717, 1.165) is 16.5 Å². The highest BCUT2D eigenvalue weighted by molar-refractivity contribution is 7.99. The number of amides is 1. The molecule has 0 radical (unpaired) electrons. The van der Waals surface area contributed by atoms with Crippen molar-refractivity contribution in [3.8, 4) is 5.75 Å². The summed E-state index contributed by atoms with van der Waals surface area (Å²) in [7, 11) is 1.84. The van der Waals surface area contributed by atoms with E-state index in [2.05, 4.69) is 15.5 Å². The van der Waals surface area contributed by atoms with Crippen LogP contribution < -0.4 is 10.1 Å². The highest BCUT2D eigenvalue weighted by Gasteiger charge is 2.06. The largest absolute Gasteiger partial charge is 0.492 e. The first-order valence-electron chi connectivity index (χ1n) is 6.58. The van der Waals surface area contributed by atoms with Crippen molar-refractivity contribution in [2.24, 2.45) is 7.05 Å². The molecule has 0 unspecified atom stereocenters. The molecule has 0 bridgehead atoms. The third-order valence-electron chi connectivity index (χ3n) is 2.68. The average molecular weight is 306 g/mol. The van der Waals surface area contributed by atoms with Gasteiger partial charge in [-0.05, 0) is 24.6 Å². The molecule has 1 N–H and O–H groups in total. The molecule has 7 heteroatoms. The molecular formula is C14H18N4O2S. The van der Waals surface area contributed by atoms with Crippen molar-refractivity contribution in [1.29, 1.82) is 0 Å². The van der Waals surface area contributed by atoms with Crippen molar-refractivity contribution in [1.82, 2.24) is 20.1 Å². The summed E-state index contributed by atoms with van der Waals surface area (Å²) in [6.45, 7) is 2.94. The summed E-state index contributed by atoms with van der Waals surface area (Å²) in [5, 5.41) is 11.2. The van der Waals surface area contributed by atoms with Crippen LogP contribution in [0.2, 0.25) is 0 Å². The van der Waals surface area contributed by atoms with Crippen LogP contribution in [0.4, 0.5) is 0 Å². The zero-order chi connectivity index (χ0) is 15.1. The molecule has 0 fully saturated rings. The van der Waals surface area contributed by atoms with Crippen LogP contribution in [0.1, 0.15) is 5.56 Å². The van der Waals surface area contributed by atoms with Gasteiger partial charge < -0.3 is 14.6 Å². The minimum absolute atomic E-state index is 0.0455. The topological polar surface area (TPSA) is 69.0 Å². The number of carbonyl (C=O) groups excluding carboxylic acids is 1. The zero-order valence-electron chi connectivity index (χ0n) is 12.1. The highest BCUT2D eigenvalue weighted by Crippen LogP contribution is 2.13. The molecule has 0 spiro atoms. The Balaban J connectivity index is 1.62. The van der Waals surface area contributed by atoms with Gasteiger partial charge in [-0.2, -0.15) is 0 Å². The summed E-state index contributed by atoms with van der Waals surface area (Å²) in [5.74, 6) is 1.09. The van der Waals surface area contributed by atoms with E-state index in [4.69, 9.17) is 4.74 Å². The van der Waals surface area contributed by atoms with E-state index in [1.54, 1.807) is 10.9 Å². The molecule has 1 aromatic carbocycles. The standard InChI is InChI=1S/C14H18N4O2S/c1-11-4-3-5-12(8-11)20-7-6-15-13(19)9-21-14-17-16-10-18(14)2/h3-5,8,10H,6-7,9H2,1-2H3,(H,15,19). The summed E-state index contributed by atoms with van der Waals surface area (Å²) in [6, 6.07) is 7.82.